The molecule has 9 nitrogen and oxygen atoms in total. The molecule has 2 aliphatic rings. The summed E-state index contributed by atoms with van der Waals surface area (Å²) >= 11 is 0. The van der Waals surface area contributed by atoms with Crippen molar-refractivity contribution in [2.75, 3.05) is 65.6 Å². The molecule has 0 saturated carbocycles. The lowest BCUT2D eigenvalue weighted by Gasteiger charge is -2.26. The van der Waals surface area contributed by atoms with Crippen LogP contribution in [0.4, 0.5) is 4.79 Å². The van der Waals surface area contributed by atoms with E-state index in [0.29, 0.717) is 19.0 Å². The number of morpholine rings is 1. The first-order chi connectivity index (χ1) is 11.7. The van der Waals surface area contributed by atoms with E-state index in [1.807, 2.05) is 6.92 Å². The molecule has 0 aromatic heterocycles. The molecule has 0 aromatic carbocycles. The molecule has 3 N–H and O–H groups in total. The summed E-state index contributed by atoms with van der Waals surface area (Å²) in [6.45, 7) is 9.05. The third kappa shape index (κ3) is 5.97. The van der Waals surface area contributed by atoms with E-state index in [4.69, 9.17) is 4.74 Å². The average molecular weight is 340 g/mol. The fraction of sp³-hybridized carbons (Fsp3) is 0.800. The Morgan fingerprint density at radius 2 is 2.04 bits per heavy atom. The normalized spacial score (nSPS) is 19.5. The third-order valence-corrected chi connectivity index (χ3v) is 3.92. The number of urea groups is 1. The predicted molar refractivity (Wildman–Crippen MR) is 91.0 cm³/mol. The van der Waals surface area contributed by atoms with Gasteiger partial charge >= 0.3 is 6.03 Å². The quantitative estimate of drug-likeness (QED) is 0.223. The molecule has 0 radical (unpaired) electrons. The number of carbonyl (C=O) groups excluding carboxylic acids is 2. The van der Waals surface area contributed by atoms with Gasteiger partial charge in [0.15, 0.2) is 5.96 Å². The number of hydrogen-bond acceptors (Lipinski definition) is 5. The van der Waals surface area contributed by atoms with Gasteiger partial charge in [-0.25, -0.2) is 4.79 Å². The molecule has 0 atom stereocenters. The zero-order valence-electron chi connectivity index (χ0n) is 14.3. The van der Waals surface area contributed by atoms with Crippen LogP contribution >= 0.6 is 0 Å². The smallest absolute Gasteiger partial charge is 0.324 e. The van der Waals surface area contributed by atoms with Gasteiger partial charge in [0.2, 0.25) is 5.91 Å². The third-order valence-electron chi connectivity index (χ3n) is 3.92. The zero-order chi connectivity index (χ0) is 17.2. The van der Waals surface area contributed by atoms with E-state index >= 15 is 0 Å². The SMILES string of the molecule is CCNC(=NCCCN1CCOCC1)NCCN1C(=O)CNC1=O. The minimum Gasteiger partial charge on any atom is -0.379 e. The van der Waals surface area contributed by atoms with Crippen molar-refractivity contribution in [1.82, 2.24) is 25.8 Å². The summed E-state index contributed by atoms with van der Waals surface area (Å²) in [4.78, 5) is 31.1. The second kappa shape index (κ2) is 10.1. The van der Waals surface area contributed by atoms with Crippen LogP contribution in [0.25, 0.3) is 0 Å². The Balaban J connectivity index is 1.66. The zero-order valence-corrected chi connectivity index (χ0v) is 14.3. The molecule has 0 aliphatic carbocycles. The summed E-state index contributed by atoms with van der Waals surface area (Å²) in [5.41, 5.74) is 0. The van der Waals surface area contributed by atoms with Crippen LogP contribution in [0.2, 0.25) is 0 Å². The summed E-state index contributed by atoms with van der Waals surface area (Å²) in [6.07, 6.45) is 0.990. The largest absolute Gasteiger partial charge is 0.379 e. The molecule has 2 fully saturated rings. The van der Waals surface area contributed by atoms with Crippen molar-refractivity contribution in [2.24, 2.45) is 4.99 Å². The van der Waals surface area contributed by atoms with E-state index in [1.165, 1.54) is 4.90 Å². The summed E-state index contributed by atoms with van der Waals surface area (Å²) in [7, 11) is 0. The van der Waals surface area contributed by atoms with Gasteiger partial charge in [-0.1, -0.05) is 0 Å². The molecular weight excluding hydrogens is 312 g/mol. The maximum absolute atomic E-state index is 11.5. The van der Waals surface area contributed by atoms with E-state index in [0.717, 1.165) is 52.4 Å². The molecule has 2 aliphatic heterocycles. The lowest BCUT2D eigenvalue weighted by atomic mass is 10.3. The monoisotopic (exact) mass is 340 g/mol. The van der Waals surface area contributed by atoms with Crippen LogP contribution in [-0.4, -0.2) is 93.3 Å². The maximum Gasteiger partial charge on any atom is 0.324 e. The first kappa shape index (κ1) is 18.5. The van der Waals surface area contributed by atoms with E-state index in [1.54, 1.807) is 0 Å². The maximum atomic E-state index is 11.5. The van der Waals surface area contributed by atoms with Crippen LogP contribution in [0.15, 0.2) is 4.99 Å². The Kier molecular flexibility index (Phi) is 7.76. The van der Waals surface area contributed by atoms with Gasteiger partial charge < -0.3 is 20.7 Å². The number of nitrogens with one attached hydrogen (secondary N) is 3. The van der Waals surface area contributed by atoms with Crippen molar-refractivity contribution in [3.05, 3.63) is 0 Å². The van der Waals surface area contributed by atoms with Gasteiger partial charge in [0.05, 0.1) is 19.8 Å². The van der Waals surface area contributed by atoms with Gasteiger partial charge in [-0.05, 0) is 13.3 Å². The van der Waals surface area contributed by atoms with Crippen LogP contribution in [-0.2, 0) is 9.53 Å². The molecule has 2 rings (SSSR count). The summed E-state index contributed by atoms with van der Waals surface area (Å²) in [6, 6.07) is -0.325. The van der Waals surface area contributed by atoms with Gasteiger partial charge in [0.25, 0.3) is 0 Å². The minimum atomic E-state index is -0.325. The van der Waals surface area contributed by atoms with Crippen LogP contribution in [0.1, 0.15) is 13.3 Å². The summed E-state index contributed by atoms with van der Waals surface area (Å²) < 4.78 is 5.33. The van der Waals surface area contributed by atoms with Gasteiger partial charge in [-0.2, -0.15) is 0 Å². The van der Waals surface area contributed by atoms with Crippen molar-refractivity contribution in [3.8, 4) is 0 Å². The van der Waals surface area contributed by atoms with Crippen molar-refractivity contribution in [1.29, 1.82) is 0 Å². The van der Waals surface area contributed by atoms with Crippen LogP contribution in [0.5, 0.6) is 0 Å². The summed E-state index contributed by atoms with van der Waals surface area (Å²) in [5.74, 6) is 0.529. The highest BCUT2D eigenvalue weighted by Gasteiger charge is 2.27. The van der Waals surface area contributed by atoms with E-state index < -0.39 is 0 Å². The number of nitrogens with zero attached hydrogens (tertiary/aromatic N) is 3. The molecule has 0 aromatic rings. The summed E-state index contributed by atoms with van der Waals surface area (Å²) in [5, 5.41) is 8.83. The van der Waals surface area contributed by atoms with Gasteiger partial charge in [-0.15, -0.1) is 0 Å². The number of imide groups is 1. The number of aliphatic imine (C=N–C) groups is 1. The van der Waals surface area contributed by atoms with Crippen LogP contribution < -0.4 is 16.0 Å². The highest BCUT2D eigenvalue weighted by molar-refractivity contribution is 6.01. The van der Waals surface area contributed by atoms with Crippen molar-refractivity contribution >= 4 is 17.9 Å². The number of hydrogen-bond donors (Lipinski definition) is 3. The van der Waals surface area contributed by atoms with Gasteiger partial charge in [0.1, 0.15) is 0 Å². The molecule has 136 valence electrons. The molecule has 24 heavy (non-hydrogen) atoms. The Labute approximate surface area is 142 Å². The van der Waals surface area contributed by atoms with E-state index in [2.05, 4.69) is 25.8 Å². The lowest BCUT2D eigenvalue weighted by Crippen LogP contribution is -2.43. The highest BCUT2D eigenvalue weighted by atomic mass is 16.5. The van der Waals surface area contributed by atoms with Crippen molar-refractivity contribution < 1.29 is 14.3 Å². The van der Waals surface area contributed by atoms with E-state index in [-0.39, 0.29) is 18.5 Å². The predicted octanol–water partition coefficient (Wildman–Crippen LogP) is -1.18. The standard InChI is InChI=1S/C15H28N6O3/c1-2-16-14(17-4-3-6-20-8-10-24-11-9-20)18-5-7-21-13(22)12-19-15(21)23/h2-12H2,1H3,(H,19,23)(H2,16,17,18). The average Bonchev–Trinajstić information content (AvgIpc) is 2.91. The first-order valence-electron chi connectivity index (χ1n) is 8.61. The molecular formula is C15H28N6O3. The second-order valence-corrected chi connectivity index (χ2v) is 5.70. The molecule has 3 amide bonds. The fourth-order valence-corrected chi connectivity index (χ4v) is 2.62. The van der Waals surface area contributed by atoms with Crippen LogP contribution in [0, 0.1) is 0 Å². The highest BCUT2D eigenvalue weighted by Crippen LogP contribution is 1.98. The number of ether oxygens (including phenoxy) is 1. The Morgan fingerprint density at radius 3 is 2.71 bits per heavy atom. The minimum absolute atomic E-state index is 0.0918. The number of rotatable bonds is 8. The molecule has 0 unspecified atom stereocenters. The Bertz CT molecular complexity index is 434. The number of guanidine groups is 1. The van der Waals surface area contributed by atoms with Gasteiger partial charge in [0, 0.05) is 45.8 Å². The first-order valence-corrected chi connectivity index (χ1v) is 8.61. The molecule has 0 bridgehead atoms. The second-order valence-electron chi connectivity index (χ2n) is 5.70. The number of amides is 3. The van der Waals surface area contributed by atoms with Crippen molar-refractivity contribution in [3.63, 3.8) is 0 Å². The number of carbonyl (C=O) groups is 2. The van der Waals surface area contributed by atoms with Gasteiger partial charge in [-0.3, -0.25) is 19.6 Å². The Hall–Kier alpha value is -1.87. The van der Waals surface area contributed by atoms with Crippen LogP contribution in [0.3, 0.4) is 0 Å². The topological polar surface area (TPSA) is 98.3 Å². The molecule has 2 heterocycles. The molecule has 0 spiro atoms. The fourth-order valence-electron chi connectivity index (χ4n) is 2.62. The van der Waals surface area contributed by atoms with E-state index in [9.17, 15) is 9.59 Å². The Morgan fingerprint density at radius 1 is 1.25 bits per heavy atom. The molecule has 9 heteroatoms. The van der Waals surface area contributed by atoms with Crippen molar-refractivity contribution in [2.45, 2.75) is 13.3 Å². The molecule has 2 saturated heterocycles. The lowest BCUT2D eigenvalue weighted by molar-refractivity contribution is -0.124.